The standard InChI is InChI=1S/C19H22N2O4/c1-5-14-10-20(18(22)17-11(2)6-7-25-17)15-8-12(3)13(4)9-16(15)21(14)19(23)24/h6-9,14H,5,10H2,1-4H3,(H,23,24). The monoisotopic (exact) mass is 342 g/mol. The number of aryl methyl sites for hydroxylation is 3. The molecule has 2 amide bonds. The van der Waals surface area contributed by atoms with Gasteiger partial charge >= 0.3 is 6.09 Å². The van der Waals surface area contributed by atoms with Crippen LogP contribution in [0.2, 0.25) is 0 Å². The van der Waals surface area contributed by atoms with Crippen LogP contribution in [0.3, 0.4) is 0 Å². The molecule has 1 aliphatic rings. The number of fused-ring (bicyclic) bond motifs is 1. The van der Waals surface area contributed by atoms with Crippen molar-refractivity contribution in [1.29, 1.82) is 0 Å². The lowest BCUT2D eigenvalue weighted by Crippen LogP contribution is -2.52. The summed E-state index contributed by atoms with van der Waals surface area (Å²) in [6, 6.07) is 5.17. The number of rotatable bonds is 2. The van der Waals surface area contributed by atoms with Crippen molar-refractivity contribution in [1.82, 2.24) is 0 Å². The average molecular weight is 342 g/mol. The number of nitrogens with zero attached hydrogens (tertiary/aromatic N) is 2. The highest BCUT2D eigenvalue weighted by Crippen LogP contribution is 2.39. The molecule has 1 aliphatic heterocycles. The fourth-order valence-electron chi connectivity index (χ4n) is 3.26. The zero-order valence-electron chi connectivity index (χ0n) is 14.9. The van der Waals surface area contributed by atoms with E-state index in [1.165, 1.54) is 11.2 Å². The highest BCUT2D eigenvalue weighted by molar-refractivity contribution is 6.09. The molecule has 1 N–H and O–H groups in total. The van der Waals surface area contributed by atoms with E-state index in [9.17, 15) is 14.7 Å². The highest BCUT2D eigenvalue weighted by Gasteiger charge is 2.37. The Hall–Kier alpha value is -2.76. The number of carbonyl (C=O) groups is 2. The Bertz CT molecular complexity index is 840. The third-order valence-corrected chi connectivity index (χ3v) is 4.88. The van der Waals surface area contributed by atoms with Crippen molar-refractivity contribution < 1.29 is 19.1 Å². The molecule has 132 valence electrons. The van der Waals surface area contributed by atoms with Gasteiger partial charge in [-0.2, -0.15) is 0 Å². The van der Waals surface area contributed by atoms with Crippen molar-refractivity contribution in [2.75, 3.05) is 16.3 Å². The molecule has 0 bridgehead atoms. The van der Waals surface area contributed by atoms with Gasteiger partial charge in [0.2, 0.25) is 0 Å². The Labute approximate surface area is 146 Å². The summed E-state index contributed by atoms with van der Waals surface area (Å²) in [6.45, 7) is 7.94. The molecule has 3 rings (SSSR count). The maximum Gasteiger partial charge on any atom is 0.412 e. The summed E-state index contributed by atoms with van der Waals surface area (Å²) in [7, 11) is 0. The van der Waals surface area contributed by atoms with Crippen LogP contribution in [0.25, 0.3) is 0 Å². The summed E-state index contributed by atoms with van der Waals surface area (Å²) < 4.78 is 5.37. The van der Waals surface area contributed by atoms with Crippen molar-refractivity contribution in [3.05, 3.63) is 46.9 Å². The fraction of sp³-hybridized carbons (Fsp3) is 0.368. The second-order valence-corrected chi connectivity index (χ2v) is 6.49. The minimum Gasteiger partial charge on any atom is -0.465 e. The molecule has 0 saturated carbocycles. The van der Waals surface area contributed by atoms with Crippen molar-refractivity contribution in [3.8, 4) is 0 Å². The van der Waals surface area contributed by atoms with E-state index >= 15 is 0 Å². The summed E-state index contributed by atoms with van der Waals surface area (Å²) >= 11 is 0. The summed E-state index contributed by atoms with van der Waals surface area (Å²) in [6.07, 6.45) is 1.10. The smallest absolute Gasteiger partial charge is 0.412 e. The molecule has 1 atom stereocenters. The topological polar surface area (TPSA) is 74.0 Å². The molecule has 2 heterocycles. The van der Waals surface area contributed by atoms with Crippen LogP contribution in [0.1, 0.15) is 40.6 Å². The first-order valence-electron chi connectivity index (χ1n) is 8.34. The van der Waals surface area contributed by atoms with E-state index in [0.29, 0.717) is 30.1 Å². The van der Waals surface area contributed by atoms with Gasteiger partial charge in [-0.15, -0.1) is 0 Å². The van der Waals surface area contributed by atoms with Crippen molar-refractivity contribution >= 4 is 23.4 Å². The predicted octanol–water partition coefficient (Wildman–Crippen LogP) is 4.13. The lowest BCUT2D eigenvalue weighted by Gasteiger charge is -2.41. The zero-order valence-corrected chi connectivity index (χ0v) is 14.9. The third kappa shape index (κ3) is 2.77. The molecule has 6 nitrogen and oxygen atoms in total. The Kier molecular flexibility index (Phi) is 4.29. The number of hydrogen-bond donors (Lipinski definition) is 1. The first-order valence-corrected chi connectivity index (χ1v) is 8.34. The van der Waals surface area contributed by atoms with E-state index in [2.05, 4.69) is 0 Å². The average Bonchev–Trinajstić information content (AvgIpc) is 2.99. The number of anilines is 2. The number of benzene rings is 1. The van der Waals surface area contributed by atoms with Gasteiger partial charge in [0.25, 0.3) is 5.91 Å². The molecule has 1 aromatic carbocycles. The van der Waals surface area contributed by atoms with E-state index in [0.717, 1.165) is 16.7 Å². The lowest BCUT2D eigenvalue weighted by molar-refractivity contribution is 0.0955. The Morgan fingerprint density at radius 3 is 2.32 bits per heavy atom. The SMILES string of the molecule is CCC1CN(C(=O)c2occc2C)c2cc(C)c(C)cc2N1C(=O)O. The summed E-state index contributed by atoms with van der Waals surface area (Å²) in [5, 5.41) is 9.70. The largest absolute Gasteiger partial charge is 0.465 e. The van der Waals surface area contributed by atoms with Crippen LogP contribution < -0.4 is 9.80 Å². The first-order chi connectivity index (χ1) is 11.8. The van der Waals surface area contributed by atoms with Gasteiger partial charge in [0.1, 0.15) is 0 Å². The van der Waals surface area contributed by atoms with Crippen LogP contribution in [-0.4, -0.2) is 29.7 Å². The maximum absolute atomic E-state index is 13.0. The van der Waals surface area contributed by atoms with Crippen LogP contribution in [0.15, 0.2) is 28.9 Å². The molecular weight excluding hydrogens is 320 g/mol. The zero-order chi connectivity index (χ0) is 18.3. The fourth-order valence-corrected chi connectivity index (χ4v) is 3.26. The number of furan rings is 1. The molecule has 0 saturated heterocycles. The summed E-state index contributed by atoms with van der Waals surface area (Å²) in [5.41, 5.74) is 3.92. The van der Waals surface area contributed by atoms with E-state index in [-0.39, 0.29) is 11.9 Å². The first kappa shape index (κ1) is 17.1. The van der Waals surface area contributed by atoms with Crippen LogP contribution >= 0.6 is 0 Å². The minimum absolute atomic E-state index is 0.240. The molecule has 2 aromatic rings. The number of hydrogen-bond acceptors (Lipinski definition) is 3. The van der Waals surface area contributed by atoms with Gasteiger partial charge in [-0.25, -0.2) is 4.79 Å². The predicted molar refractivity (Wildman–Crippen MR) is 95.6 cm³/mol. The normalized spacial score (nSPS) is 16.7. The van der Waals surface area contributed by atoms with Crippen LogP contribution in [0.4, 0.5) is 16.2 Å². The molecule has 0 fully saturated rings. The molecular formula is C19H22N2O4. The number of carboxylic acid groups (broad SMARTS) is 1. The molecule has 0 spiro atoms. The molecule has 25 heavy (non-hydrogen) atoms. The second kappa shape index (κ2) is 6.27. The van der Waals surface area contributed by atoms with Gasteiger partial charge in [-0.1, -0.05) is 6.92 Å². The van der Waals surface area contributed by atoms with Gasteiger partial charge in [-0.05, 0) is 56.5 Å². The Morgan fingerprint density at radius 1 is 1.16 bits per heavy atom. The van der Waals surface area contributed by atoms with E-state index < -0.39 is 6.09 Å². The minimum atomic E-state index is -1.00. The number of carbonyl (C=O) groups excluding carboxylic acids is 1. The van der Waals surface area contributed by atoms with Crippen LogP contribution in [0.5, 0.6) is 0 Å². The molecule has 1 aromatic heterocycles. The Morgan fingerprint density at radius 2 is 1.80 bits per heavy atom. The molecule has 0 aliphatic carbocycles. The van der Waals surface area contributed by atoms with Gasteiger partial charge in [0, 0.05) is 12.1 Å². The van der Waals surface area contributed by atoms with Gasteiger partial charge < -0.3 is 14.4 Å². The molecule has 1 unspecified atom stereocenters. The number of amides is 2. The van der Waals surface area contributed by atoms with Gasteiger partial charge in [0.05, 0.1) is 23.7 Å². The van der Waals surface area contributed by atoms with Crippen molar-refractivity contribution in [2.45, 2.75) is 40.2 Å². The third-order valence-electron chi connectivity index (χ3n) is 4.88. The van der Waals surface area contributed by atoms with Gasteiger partial charge in [-0.3, -0.25) is 9.69 Å². The lowest BCUT2D eigenvalue weighted by atomic mass is 10.00. The summed E-state index contributed by atoms with van der Waals surface area (Å²) in [5.74, 6) is 0.0540. The van der Waals surface area contributed by atoms with Crippen molar-refractivity contribution in [2.24, 2.45) is 0 Å². The van der Waals surface area contributed by atoms with Gasteiger partial charge in [0.15, 0.2) is 5.76 Å². The van der Waals surface area contributed by atoms with Crippen LogP contribution in [0, 0.1) is 20.8 Å². The quantitative estimate of drug-likeness (QED) is 0.890. The second-order valence-electron chi connectivity index (χ2n) is 6.49. The maximum atomic E-state index is 13.0. The van der Waals surface area contributed by atoms with E-state index in [4.69, 9.17) is 4.42 Å². The van der Waals surface area contributed by atoms with E-state index in [1.807, 2.05) is 39.8 Å². The summed E-state index contributed by atoms with van der Waals surface area (Å²) in [4.78, 5) is 27.9. The highest BCUT2D eigenvalue weighted by atomic mass is 16.4. The Balaban J connectivity index is 2.16. The van der Waals surface area contributed by atoms with Crippen molar-refractivity contribution in [3.63, 3.8) is 0 Å². The van der Waals surface area contributed by atoms with E-state index in [1.54, 1.807) is 11.0 Å². The molecule has 6 heteroatoms. The van der Waals surface area contributed by atoms with Crippen LogP contribution in [-0.2, 0) is 0 Å². The molecule has 0 radical (unpaired) electrons.